The predicted octanol–water partition coefficient (Wildman–Crippen LogP) is 2.52. The SMILES string of the molecule is CC1Oc2ccc(CCNC(=O)c3ccc(F)cc3)cc2NC1=O. The van der Waals surface area contributed by atoms with Gasteiger partial charge in [0, 0.05) is 12.1 Å². The zero-order valence-corrected chi connectivity index (χ0v) is 13.1. The van der Waals surface area contributed by atoms with Gasteiger partial charge in [-0.25, -0.2) is 4.39 Å². The molecule has 2 N–H and O–H groups in total. The Kier molecular flexibility index (Phi) is 4.46. The number of carbonyl (C=O) groups excluding carboxylic acids is 2. The Bertz CT molecular complexity index is 774. The molecule has 6 heteroatoms. The van der Waals surface area contributed by atoms with Crippen LogP contribution in [0.3, 0.4) is 0 Å². The van der Waals surface area contributed by atoms with Gasteiger partial charge in [0.2, 0.25) is 0 Å². The average molecular weight is 328 g/mol. The van der Waals surface area contributed by atoms with Crippen molar-refractivity contribution in [2.45, 2.75) is 19.4 Å². The number of hydrogen-bond acceptors (Lipinski definition) is 3. The quantitative estimate of drug-likeness (QED) is 0.906. The number of nitrogens with one attached hydrogen (secondary N) is 2. The molecule has 0 bridgehead atoms. The maximum absolute atomic E-state index is 12.8. The minimum absolute atomic E-state index is 0.177. The van der Waals surface area contributed by atoms with Crippen LogP contribution in [0.1, 0.15) is 22.8 Å². The van der Waals surface area contributed by atoms with Crippen molar-refractivity contribution in [2.75, 3.05) is 11.9 Å². The Hall–Kier alpha value is -2.89. The van der Waals surface area contributed by atoms with Gasteiger partial charge in [0.15, 0.2) is 6.10 Å². The molecular formula is C18H17FN2O3. The lowest BCUT2D eigenvalue weighted by Gasteiger charge is -2.23. The maximum atomic E-state index is 12.8. The van der Waals surface area contributed by atoms with E-state index in [0.29, 0.717) is 30.0 Å². The van der Waals surface area contributed by atoms with Gasteiger partial charge in [-0.2, -0.15) is 0 Å². The van der Waals surface area contributed by atoms with E-state index < -0.39 is 6.10 Å². The molecule has 0 spiro atoms. The molecule has 1 unspecified atom stereocenters. The topological polar surface area (TPSA) is 67.4 Å². The van der Waals surface area contributed by atoms with E-state index in [1.807, 2.05) is 18.2 Å². The molecule has 2 aromatic rings. The van der Waals surface area contributed by atoms with Crippen LogP contribution in [-0.4, -0.2) is 24.5 Å². The van der Waals surface area contributed by atoms with Crippen LogP contribution in [0.15, 0.2) is 42.5 Å². The average Bonchev–Trinajstić information content (AvgIpc) is 2.56. The van der Waals surface area contributed by atoms with E-state index in [2.05, 4.69) is 10.6 Å². The third-order valence-electron chi connectivity index (χ3n) is 3.78. The van der Waals surface area contributed by atoms with Gasteiger partial charge >= 0.3 is 0 Å². The Labute approximate surface area is 138 Å². The van der Waals surface area contributed by atoms with Crippen molar-refractivity contribution in [1.82, 2.24) is 5.32 Å². The van der Waals surface area contributed by atoms with Crippen molar-refractivity contribution in [2.24, 2.45) is 0 Å². The molecule has 2 aromatic carbocycles. The number of ether oxygens (including phenoxy) is 1. The van der Waals surface area contributed by atoms with E-state index in [0.717, 1.165) is 5.56 Å². The van der Waals surface area contributed by atoms with Crippen molar-refractivity contribution in [1.29, 1.82) is 0 Å². The highest BCUT2D eigenvalue weighted by Gasteiger charge is 2.23. The van der Waals surface area contributed by atoms with Gasteiger partial charge in [0.25, 0.3) is 11.8 Å². The number of anilines is 1. The molecule has 1 aliphatic heterocycles. The van der Waals surface area contributed by atoms with Gasteiger partial charge in [0.05, 0.1) is 5.69 Å². The first-order valence-corrected chi connectivity index (χ1v) is 7.67. The first kappa shape index (κ1) is 16.0. The molecule has 5 nitrogen and oxygen atoms in total. The monoisotopic (exact) mass is 328 g/mol. The highest BCUT2D eigenvalue weighted by atomic mass is 19.1. The summed E-state index contributed by atoms with van der Waals surface area (Å²) in [6.45, 7) is 2.12. The summed E-state index contributed by atoms with van der Waals surface area (Å²) in [5.74, 6) is -0.164. The Morgan fingerprint density at radius 3 is 2.75 bits per heavy atom. The molecule has 0 saturated carbocycles. The van der Waals surface area contributed by atoms with Crippen LogP contribution in [0.2, 0.25) is 0 Å². The summed E-state index contributed by atoms with van der Waals surface area (Å²) in [6, 6.07) is 10.9. The third kappa shape index (κ3) is 3.53. The van der Waals surface area contributed by atoms with Crippen LogP contribution in [-0.2, 0) is 11.2 Å². The van der Waals surface area contributed by atoms with Crippen LogP contribution in [0.25, 0.3) is 0 Å². The van der Waals surface area contributed by atoms with Gasteiger partial charge in [-0.3, -0.25) is 9.59 Å². The molecule has 0 aliphatic carbocycles. The number of carbonyl (C=O) groups is 2. The molecule has 0 aromatic heterocycles. The van der Waals surface area contributed by atoms with Gasteiger partial charge in [-0.1, -0.05) is 6.07 Å². The zero-order valence-electron chi connectivity index (χ0n) is 13.1. The second-order valence-electron chi connectivity index (χ2n) is 5.59. The fraction of sp³-hybridized carbons (Fsp3) is 0.222. The van der Waals surface area contributed by atoms with E-state index in [1.165, 1.54) is 24.3 Å². The van der Waals surface area contributed by atoms with Crippen LogP contribution in [0, 0.1) is 5.82 Å². The predicted molar refractivity (Wildman–Crippen MR) is 87.6 cm³/mol. The maximum Gasteiger partial charge on any atom is 0.265 e. The lowest BCUT2D eigenvalue weighted by molar-refractivity contribution is -0.122. The minimum Gasteiger partial charge on any atom is -0.479 e. The van der Waals surface area contributed by atoms with Gasteiger partial charge in [-0.15, -0.1) is 0 Å². The molecular weight excluding hydrogens is 311 g/mol. The van der Waals surface area contributed by atoms with Crippen molar-refractivity contribution in [3.05, 3.63) is 59.4 Å². The third-order valence-corrected chi connectivity index (χ3v) is 3.78. The molecule has 3 rings (SSSR count). The number of fused-ring (bicyclic) bond motifs is 1. The van der Waals surface area contributed by atoms with E-state index in [1.54, 1.807) is 6.92 Å². The number of hydrogen-bond donors (Lipinski definition) is 2. The molecule has 2 amide bonds. The fourth-order valence-corrected chi connectivity index (χ4v) is 2.44. The standard InChI is InChI=1S/C18H17FN2O3/c1-11-17(22)21-15-10-12(2-7-16(15)24-11)8-9-20-18(23)13-3-5-14(19)6-4-13/h2-7,10-11H,8-9H2,1H3,(H,20,23)(H,21,22). The van der Waals surface area contributed by atoms with E-state index in [9.17, 15) is 14.0 Å². The summed E-state index contributed by atoms with van der Waals surface area (Å²) < 4.78 is 18.3. The van der Waals surface area contributed by atoms with Crippen LogP contribution in [0.5, 0.6) is 5.75 Å². The highest BCUT2D eigenvalue weighted by Crippen LogP contribution is 2.30. The fourth-order valence-electron chi connectivity index (χ4n) is 2.44. The molecule has 0 saturated heterocycles. The molecule has 0 radical (unpaired) electrons. The van der Waals surface area contributed by atoms with E-state index in [4.69, 9.17) is 4.74 Å². The molecule has 1 atom stereocenters. The summed E-state index contributed by atoms with van der Waals surface area (Å²) in [7, 11) is 0. The number of amides is 2. The number of benzene rings is 2. The first-order chi connectivity index (χ1) is 11.5. The Balaban J connectivity index is 1.57. The Morgan fingerprint density at radius 1 is 1.25 bits per heavy atom. The molecule has 0 fully saturated rings. The first-order valence-electron chi connectivity index (χ1n) is 7.67. The van der Waals surface area contributed by atoms with Crippen molar-refractivity contribution in [3.63, 3.8) is 0 Å². The lowest BCUT2D eigenvalue weighted by Crippen LogP contribution is -2.34. The summed E-state index contributed by atoms with van der Waals surface area (Å²) in [4.78, 5) is 23.6. The summed E-state index contributed by atoms with van der Waals surface area (Å²) in [5, 5.41) is 5.58. The van der Waals surface area contributed by atoms with Crippen LogP contribution < -0.4 is 15.4 Å². The smallest absolute Gasteiger partial charge is 0.265 e. The minimum atomic E-state index is -0.502. The molecule has 1 aliphatic rings. The van der Waals surface area contributed by atoms with Crippen molar-refractivity contribution < 1.29 is 18.7 Å². The van der Waals surface area contributed by atoms with Crippen LogP contribution in [0.4, 0.5) is 10.1 Å². The Morgan fingerprint density at radius 2 is 2.00 bits per heavy atom. The number of rotatable bonds is 4. The summed E-state index contributed by atoms with van der Waals surface area (Å²) >= 11 is 0. The van der Waals surface area contributed by atoms with Gasteiger partial charge in [0.1, 0.15) is 11.6 Å². The molecule has 1 heterocycles. The highest BCUT2D eigenvalue weighted by molar-refractivity contribution is 5.97. The van der Waals surface area contributed by atoms with Crippen molar-refractivity contribution >= 4 is 17.5 Å². The largest absolute Gasteiger partial charge is 0.479 e. The lowest BCUT2D eigenvalue weighted by atomic mass is 10.1. The van der Waals surface area contributed by atoms with E-state index >= 15 is 0 Å². The van der Waals surface area contributed by atoms with Crippen molar-refractivity contribution in [3.8, 4) is 5.75 Å². The van der Waals surface area contributed by atoms with Crippen LogP contribution >= 0.6 is 0 Å². The van der Waals surface area contributed by atoms with Gasteiger partial charge < -0.3 is 15.4 Å². The normalized spacial score (nSPS) is 15.9. The van der Waals surface area contributed by atoms with Gasteiger partial charge in [-0.05, 0) is 55.3 Å². The zero-order chi connectivity index (χ0) is 17.1. The molecule has 124 valence electrons. The number of halogens is 1. The molecule has 24 heavy (non-hydrogen) atoms. The summed E-state index contributed by atoms with van der Waals surface area (Å²) in [5.41, 5.74) is 2.02. The second-order valence-corrected chi connectivity index (χ2v) is 5.59. The van der Waals surface area contributed by atoms with E-state index in [-0.39, 0.29) is 17.6 Å². The second kappa shape index (κ2) is 6.70. The summed E-state index contributed by atoms with van der Waals surface area (Å²) in [6.07, 6.45) is 0.101.